The zero-order valence-corrected chi connectivity index (χ0v) is 14.4. The number of aromatic nitrogens is 3. The van der Waals surface area contributed by atoms with Crippen molar-refractivity contribution in [2.75, 3.05) is 5.73 Å². The lowest BCUT2D eigenvalue weighted by atomic mass is 10.1. The summed E-state index contributed by atoms with van der Waals surface area (Å²) >= 11 is 0.698. The molecule has 4 atom stereocenters. The minimum absolute atomic E-state index is 0.0569. The van der Waals surface area contributed by atoms with Crippen LogP contribution in [0.5, 0.6) is 0 Å². The van der Waals surface area contributed by atoms with Gasteiger partial charge in [0.2, 0.25) is 5.95 Å². The summed E-state index contributed by atoms with van der Waals surface area (Å²) in [6, 6.07) is 0. The van der Waals surface area contributed by atoms with Gasteiger partial charge < -0.3 is 20.3 Å². The van der Waals surface area contributed by atoms with Gasteiger partial charge in [0.1, 0.15) is 16.9 Å². The predicted molar refractivity (Wildman–Crippen MR) is 89.3 cm³/mol. The van der Waals surface area contributed by atoms with Gasteiger partial charge in [-0.25, -0.2) is 0 Å². The van der Waals surface area contributed by atoms with Gasteiger partial charge in [-0.05, 0) is 6.42 Å². The average Bonchev–Trinajstić information content (AvgIpc) is 3.04. The molecule has 10 nitrogen and oxygen atoms in total. The van der Waals surface area contributed by atoms with E-state index >= 15 is 0 Å². The lowest BCUT2D eigenvalue weighted by Crippen LogP contribution is -2.31. The number of rotatable bonds is 4. The lowest BCUT2D eigenvalue weighted by Gasteiger charge is -2.22. The van der Waals surface area contributed by atoms with Crippen LogP contribution in [-0.4, -0.2) is 43.9 Å². The first-order valence-corrected chi connectivity index (χ1v) is 8.55. The second kappa shape index (κ2) is 6.58. The topological polar surface area (TPSA) is 150 Å². The molecule has 2 aromatic rings. The van der Waals surface area contributed by atoms with Crippen LogP contribution in [0, 0.1) is 0 Å². The number of hydrogen-bond donors (Lipinski definition) is 3. The quantitative estimate of drug-likeness (QED) is 0.622. The first-order chi connectivity index (χ1) is 11.8. The van der Waals surface area contributed by atoms with Gasteiger partial charge >= 0.3 is 10.8 Å². The minimum Gasteiger partial charge on any atom is -0.460 e. The van der Waals surface area contributed by atoms with E-state index in [0.717, 1.165) is 4.57 Å². The molecule has 2 aromatic heterocycles. The zero-order valence-electron chi connectivity index (χ0n) is 13.6. The Hall–Kier alpha value is -2.24. The number of ether oxygens (including phenoxy) is 2. The van der Waals surface area contributed by atoms with Gasteiger partial charge in [-0.3, -0.25) is 23.9 Å². The van der Waals surface area contributed by atoms with Crippen LogP contribution >= 0.6 is 11.3 Å². The molecule has 3 rings (SSSR count). The summed E-state index contributed by atoms with van der Waals surface area (Å²) in [5.74, 6) is -0.591. The van der Waals surface area contributed by atoms with Crippen molar-refractivity contribution in [1.29, 1.82) is 0 Å². The Morgan fingerprint density at radius 1 is 1.60 bits per heavy atom. The molecule has 0 saturated carbocycles. The number of hydrogen-bond acceptors (Lipinski definition) is 9. The molecule has 1 aliphatic heterocycles. The normalized spacial score (nSPS) is 24.5. The number of anilines is 1. The van der Waals surface area contributed by atoms with Gasteiger partial charge in [0.05, 0.1) is 6.10 Å². The summed E-state index contributed by atoms with van der Waals surface area (Å²) in [6.07, 6.45) is -2.50. The highest BCUT2D eigenvalue weighted by Gasteiger charge is 2.41. The minimum atomic E-state index is -1.04. The number of H-pyrrole nitrogens is 1. The summed E-state index contributed by atoms with van der Waals surface area (Å²) in [6.45, 7) is 3.12. The number of aromatic amines is 1. The fourth-order valence-electron chi connectivity index (χ4n) is 2.96. The third-order valence-electron chi connectivity index (χ3n) is 4.00. The highest BCUT2D eigenvalue weighted by molar-refractivity contribution is 7.16. The molecular weight excluding hydrogens is 352 g/mol. The largest absolute Gasteiger partial charge is 0.460 e. The molecule has 0 aromatic carbocycles. The van der Waals surface area contributed by atoms with E-state index in [1.165, 1.54) is 6.92 Å². The molecule has 1 aliphatic rings. The lowest BCUT2D eigenvalue weighted by molar-refractivity contribution is -0.156. The SMILES string of the molecule is CC[C@H](OC(C)=O)C1C[C@@H](O)[C@H](n2c(=O)sc3c(=O)[nH]c(N)nc32)O1. The van der Waals surface area contributed by atoms with Crippen molar-refractivity contribution >= 4 is 33.6 Å². The molecule has 25 heavy (non-hydrogen) atoms. The first kappa shape index (κ1) is 17.6. The highest BCUT2D eigenvalue weighted by atomic mass is 32.1. The second-order valence-corrected chi connectivity index (χ2v) is 6.73. The van der Waals surface area contributed by atoms with Gasteiger partial charge in [0.25, 0.3) is 5.56 Å². The number of nitrogen functional groups attached to an aromatic ring is 1. The fourth-order valence-corrected chi connectivity index (χ4v) is 3.80. The van der Waals surface area contributed by atoms with Crippen LogP contribution in [0.25, 0.3) is 10.3 Å². The third kappa shape index (κ3) is 3.17. The molecule has 3 heterocycles. The Kier molecular flexibility index (Phi) is 4.62. The van der Waals surface area contributed by atoms with Gasteiger partial charge in [-0.15, -0.1) is 0 Å². The van der Waals surface area contributed by atoms with E-state index in [-0.39, 0.29) is 22.7 Å². The van der Waals surface area contributed by atoms with Crippen LogP contribution in [0.1, 0.15) is 32.9 Å². The smallest absolute Gasteiger partial charge is 0.311 e. The maximum absolute atomic E-state index is 12.3. The first-order valence-electron chi connectivity index (χ1n) is 7.73. The van der Waals surface area contributed by atoms with Gasteiger partial charge in [-0.1, -0.05) is 18.3 Å². The number of aliphatic hydroxyl groups is 1. The van der Waals surface area contributed by atoms with Crippen molar-refractivity contribution in [2.45, 2.75) is 51.2 Å². The molecule has 136 valence electrons. The maximum atomic E-state index is 12.3. The van der Waals surface area contributed by atoms with E-state index in [2.05, 4.69) is 9.97 Å². The molecule has 1 saturated heterocycles. The summed E-state index contributed by atoms with van der Waals surface area (Å²) < 4.78 is 12.2. The van der Waals surface area contributed by atoms with Crippen LogP contribution in [0.2, 0.25) is 0 Å². The molecule has 0 amide bonds. The second-order valence-electron chi connectivity index (χ2n) is 5.77. The number of carbonyl (C=O) groups excluding carboxylic acids is 1. The van der Waals surface area contributed by atoms with Crippen molar-refractivity contribution in [3.63, 3.8) is 0 Å². The van der Waals surface area contributed by atoms with E-state index in [1.54, 1.807) is 0 Å². The van der Waals surface area contributed by atoms with Crippen LogP contribution < -0.4 is 16.2 Å². The van der Waals surface area contributed by atoms with Crippen molar-refractivity contribution < 1.29 is 19.4 Å². The molecule has 0 radical (unpaired) electrons. The number of nitrogens with zero attached hydrogens (tertiary/aromatic N) is 2. The Balaban J connectivity index is 1.99. The van der Waals surface area contributed by atoms with E-state index in [9.17, 15) is 19.5 Å². The molecule has 0 aliphatic carbocycles. The van der Waals surface area contributed by atoms with Gasteiger partial charge in [0, 0.05) is 13.3 Å². The van der Waals surface area contributed by atoms with Crippen LogP contribution in [0.3, 0.4) is 0 Å². The summed E-state index contributed by atoms with van der Waals surface area (Å²) in [7, 11) is 0. The van der Waals surface area contributed by atoms with Crippen molar-refractivity contribution in [1.82, 2.24) is 14.5 Å². The monoisotopic (exact) mass is 370 g/mol. The van der Waals surface area contributed by atoms with E-state index in [1.807, 2.05) is 6.92 Å². The molecule has 4 N–H and O–H groups in total. The molecule has 1 unspecified atom stereocenters. The number of fused-ring (bicyclic) bond motifs is 1. The van der Waals surface area contributed by atoms with E-state index in [0.29, 0.717) is 17.8 Å². The Morgan fingerprint density at radius 2 is 2.32 bits per heavy atom. The van der Waals surface area contributed by atoms with Gasteiger partial charge in [-0.2, -0.15) is 4.98 Å². The fraction of sp³-hybridized carbons (Fsp3) is 0.571. The number of carbonyl (C=O) groups is 1. The average molecular weight is 370 g/mol. The number of nitrogens with two attached hydrogens (primary N) is 1. The predicted octanol–water partition coefficient (Wildman–Crippen LogP) is -0.281. The Morgan fingerprint density at radius 3 is 2.96 bits per heavy atom. The number of aliphatic hydroxyl groups excluding tert-OH is 1. The van der Waals surface area contributed by atoms with E-state index < -0.39 is 40.9 Å². The number of thiazole rings is 1. The highest BCUT2D eigenvalue weighted by Crippen LogP contribution is 2.33. The van der Waals surface area contributed by atoms with Crippen molar-refractivity contribution in [3.8, 4) is 0 Å². The van der Waals surface area contributed by atoms with Crippen LogP contribution in [0.15, 0.2) is 9.59 Å². The maximum Gasteiger partial charge on any atom is 0.311 e. The summed E-state index contributed by atoms with van der Waals surface area (Å²) in [5.41, 5.74) is 5.08. The number of esters is 1. The molecule has 0 spiro atoms. The molecule has 11 heteroatoms. The van der Waals surface area contributed by atoms with Crippen LogP contribution in [-0.2, 0) is 14.3 Å². The Labute approximate surface area is 145 Å². The van der Waals surface area contributed by atoms with E-state index in [4.69, 9.17) is 15.2 Å². The van der Waals surface area contributed by atoms with Crippen molar-refractivity contribution in [3.05, 3.63) is 20.0 Å². The van der Waals surface area contributed by atoms with Crippen LogP contribution in [0.4, 0.5) is 5.95 Å². The number of nitrogens with one attached hydrogen (secondary N) is 1. The summed E-state index contributed by atoms with van der Waals surface area (Å²) in [4.78, 5) is 41.3. The standard InChI is InChI=1S/C14H18N4O6S/c1-3-7(23-5(2)19)8-4-6(20)12(24-8)18-10-9(25-14(18)22)11(21)17-13(15)16-10/h6-8,12,20H,3-4H2,1-2H3,(H3,15,16,17,21)/t6-,7+,8?,12-/m1/s1. The van der Waals surface area contributed by atoms with Crippen molar-refractivity contribution in [2.24, 2.45) is 0 Å². The molecule has 0 bridgehead atoms. The molecule has 1 fully saturated rings. The van der Waals surface area contributed by atoms with Gasteiger partial charge in [0.15, 0.2) is 11.9 Å². The Bertz CT molecular complexity index is 918. The third-order valence-corrected chi connectivity index (χ3v) is 4.94. The summed E-state index contributed by atoms with van der Waals surface area (Å²) in [5, 5.41) is 10.4. The molecular formula is C14H18N4O6S. The zero-order chi connectivity index (χ0) is 18.3.